The minimum atomic E-state index is -1.16. The highest BCUT2D eigenvalue weighted by molar-refractivity contribution is 5.74. The molecule has 0 aromatic heterocycles. The van der Waals surface area contributed by atoms with Gasteiger partial charge in [0.05, 0.1) is 6.61 Å². The molecule has 0 saturated heterocycles. The van der Waals surface area contributed by atoms with Crippen LogP contribution in [0.1, 0.15) is 26.2 Å². The summed E-state index contributed by atoms with van der Waals surface area (Å²) >= 11 is 0. The molecule has 4 heteroatoms. The van der Waals surface area contributed by atoms with Gasteiger partial charge in [0, 0.05) is 6.54 Å². The number of ether oxygens (including phenoxy) is 1. The third kappa shape index (κ3) is 5.09. The molecule has 0 radical (unpaired) electrons. The van der Waals surface area contributed by atoms with Crippen LogP contribution >= 0.6 is 0 Å². The molecule has 0 heterocycles. The summed E-state index contributed by atoms with van der Waals surface area (Å²) in [6.07, 6.45) is 1.80. The molecule has 0 aliphatic carbocycles. The quantitative estimate of drug-likeness (QED) is 0.441. The Hall–Kier alpha value is -0.610. The number of aliphatic hydroxyl groups excluding tert-OH is 1. The van der Waals surface area contributed by atoms with Crippen molar-refractivity contribution in [3.05, 3.63) is 0 Å². The molecule has 0 aliphatic heterocycles. The van der Waals surface area contributed by atoms with Crippen LogP contribution < -0.4 is 5.73 Å². The molecule has 0 bridgehead atoms. The number of rotatable bonds is 6. The maximum absolute atomic E-state index is 10.8. The van der Waals surface area contributed by atoms with Crippen LogP contribution in [0.25, 0.3) is 0 Å². The lowest BCUT2D eigenvalue weighted by Gasteiger charge is -2.07. The van der Waals surface area contributed by atoms with Gasteiger partial charge in [0.25, 0.3) is 0 Å². The molecular weight excluding hydrogens is 158 g/mol. The van der Waals surface area contributed by atoms with Crippen molar-refractivity contribution in [2.45, 2.75) is 32.3 Å². The summed E-state index contributed by atoms with van der Waals surface area (Å²) < 4.78 is 4.73. The standard InChI is InChI=1S/C8H17NO3/c1-2-3-4-5-12-8(11)7(10)6-9/h7,10H,2-6,9H2,1H3. The van der Waals surface area contributed by atoms with Gasteiger partial charge in [-0.3, -0.25) is 0 Å². The summed E-state index contributed by atoms with van der Waals surface area (Å²) in [5, 5.41) is 8.88. The molecule has 0 amide bonds. The Morgan fingerprint density at radius 1 is 1.58 bits per heavy atom. The van der Waals surface area contributed by atoms with Crippen molar-refractivity contribution in [3.8, 4) is 0 Å². The smallest absolute Gasteiger partial charge is 0.336 e. The predicted octanol–water partition coefficient (Wildman–Crippen LogP) is 0.0394. The Morgan fingerprint density at radius 3 is 2.75 bits per heavy atom. The Kier molecular flexibility index (Phi) is 6.70. The highest BCUT2D eigenvalue weighted by atomic mass is 16.5. The summed E-state index contributed by atoms with van der Waals surface area (Å²) in [4.78, 5) is 10.8. The van der Waals surface area contributed by atoms with Crippen LogP contribution in [0.2, 0.25) is 0 Å². The monoisotopic (exact) mass is 175 g/mol. The van der Waals surface area contributed by atoms with E-state index in [0.717, 1.165) is 19.3 Å². The molecule has 1 atom stereocenters. The topological polar surface area (TPSA) is 72.5 Å². The first-order chi connectivity index (χ1) is 5.72. The average Bonchev–Trinajstić information content (AvgIpc) is 2.10. The van der Waals surface area contributed by atoms with Crippen LogP contribution in [0, 0.1) is 0 Å². The Balaban J connectivity index is 3.31. The zero-order valence-electron chi connectivity index (χ0n) is 7.45. The number of unbranched alkanes of at least 4 members (excludes halogenated alkanes) is 2. The van der Waals surface area contributed by atoms with E-state index < -0.39 is 12.1 Å². The van der Waals surface area contributed by atoms with E-state index in [9.17, 15) is 4.79 Å². The van der Waals surface area contributed by atoms with E-state index >= 15 is 0 Å². The second kappa shape index (κ2) is 7.06. The molecule has 12 heavy (non-hydrogen) atoms. The lowest BCUT2D eigenvalue weighted by molar-refractivity contribution is -0.153. The first-order valence-corrected chi connectivity index (χ1v) is 4.27. The van der Waals surface area contributed by atoms with E-state index in [1.165, 1.54) is 0 Å². The Bertz CT molecular complexity index is 127. The van der Waals surface area contributed by atoms with E-state index in [2.05, 4.69) is 6.92 Å². The Labute approximate surface area is 72.7 Å². The molecule has 0 spiro atoms. The van der Waals surface area contributed by atoms with Crippen LogP contribution in [0.3, 0.4) is 0 Å². The number of carbonyl (C=O) groups excluding carboxylic acids is 1. The van der Waals surface area contributed by atoms with Gasteiger partial charge in [-0.1, -0.05) is 19.8 Å². The second-order valence-electron chi connectivity index (χ2n) is 2.63. The van der Waals surface area contributed by atoms with Crippen molar-refractivity contribution in [3.63, 3.8) is 0 Å². The van der Waals surface area contributed by atoms with Crippen LogP contribution in [0.5, 0.6) is 0 Å². The van der Waals surface area contributed by atoms with E-state index in [0.29, 0.717) is 6.61 Å². The van der Waals surface area contributed by atoms with Gasteiger partial charge in [0.1, 0.15) is 0 Å². The van der Waals surface area contributed by atoms with Crippen molar-refractivity contribution in [1.29, 1.82) is 0 Å². The minimum absolute atomic E-state index is 0.0768. The second-order valence-corrected chi connectivity index (χ2v) is 2.63. The summed E-state index contributed by atoms with van der Waals surface area (Å²) in [6.45, 7) is 2.37. The molecule has 3 N–H and O–H groups in total. The van der Waals surface area contributed by atoms with E-state index in [-0.39, 0.29) is 6.54 Å². The summed E-state index contributed by atoms with van der Waals surface area (Å²) in [6, 6.07) is 0. The van der Waals surface area contributed by atoms with E-state index in [4.69, 9.17) is 15.6 Å². The molecule has 1 unspecified atom stereocenters. The number of aliphatic hydroxyl groups is 1. The van der Waals surface area contributed by atoms with Crippen molar-refractivity contribution in [2.24, 2.45) is 5.73 Å². The zero-order valence-corrected chi connectivity index (χ0v) is 7.45. The van der Waals surface area contributed by atoms with Crippen molar-refractivity contribution >= 4 is 5.97 Å². The molecular formula is C8H17NO3. The molecule has 0 aliphatic rings. The molecule has 72 valence electrons. The molecule has 0 aromatic rings. The molecule has 4 nitrogen and oxygen atoms in total. The fourth-order valence-corrected chi connectivity index (χ4v) is 0.717. The highest BCUT2D eigenvalue weighted by Crippen LogP contribution is 1.95. The van der Waals surface area contributed by atoms with Crippen molar-refractivity contribution in [1.82, 2.24) is 0 Å². The predicted molar refractivity (Wildman–Crippen MR) is 45.5 cm³/mol. The van der Waals surface area contributed by atoms with Gasteiger partial charge >= 0.3 is 5.97 Å². The van der Waals surface area contributed by atoms with E-state index in [1.54, 1.807) is 0 Å². The SMILES string of the molecule is CCCCCOC(=O)C(O)CN. The third-order valence-electron chi connectivity index (χ3n) is 1.49. The van der Waals surface area contributed by atoms with Crippen LogP contribution in [0.15, 0.2) is 0 Å². The van der Waals surface area contributed by atoms with Crippen molar-refractivity contribution in [2.75, 3.05) is 13.2 Å². The number of nitrogens with two attached hydrogens (primary N) is 1. The van der Waals surface area contributed by atoms with Gasteiger partial charge in [-0.05, 0) is 6.42 Å². The molecule has 0 rings (SSSR count). The minimum Gasteiger partial charge on any atom is -0.464 e. The summed E-state index contributed by atoms with van der Waals surface area (Å²) in [7, 11) is 0. The van der Waals surface area contributed by atoms with Gasteiger partial charge in [0.2, 0.25) is 0 Å². The maximum Gasteiger partial charge on any atom is 0.336 e. The highest BCUT2D eigenvalue weighted by Gasteiger charge is 2.13. The van der Waals surface area contributed by atoms with Gasteiger partial charge in [0.15, 0.2) is 6.10 Å². The lowest BCUT2D eigenvalue weighted by atomic mass is 10.3. The summed E-state index contributed by atoms with van der Waals surface area (Å²) in [5.74, 6) is -0.617. The fraction of sp³-hybridized carbons (Fsp3) is 0.875. The number of hydrogen-bond acceptors (Lipinski definition) is 4. The first kappa shape index (κ1) is 11.4. The van der Waals surface area contributed by atoms with Gasteiger partial charge in [-0.15, -0.1) is 0 Å². The molecule has 0 saturated carbocycles. The van der Waals surface area contributed by atoms with Crippen LogP contribution in [-0.4, -0.2) is 30.3 Å². The van der Waals surface area contributed by atoms with E-state index in [1.807, 2.05) is 0 Å². The van der Waals surface area contributed by atoms with Gasteiger partial charge < -0.3 is 15.6 Å². The van der Waals surface area contributed by atoms with Gasteiger partial charge in [-0.2, -0.15) is 0 Å². The fourth-order valence-electron chi connectivity index (χ4n) is 0.717. The summed E-state index contributed by atoms with van der Waals surface area (Å²) in [5.41, 5.74) is 5.05. The maximum atomic E-state index is 10.8. The lowest BCUT2D eigenvalue weighted by Crippen LogP contribution is -2.31. The largest absolute Gasteiger partial charge is 0.464 e. The number of carbonyl (C=O) groups is 1. The zero-order chi connectivity index (χ0) is 9.40. The molecule has 0 aromatic carbocycles. The normalized spacial score (nSPS) is 12.6. The number of esters is 1. The van der Waals surface area contributed by atoms with Crippen molar-refractivity contribution < 1.29 is 14.6 Å². The first-order valence-electron chi connectivity index (χ1n) is 4.27. The van der Waals surface area contributed by atoms with Crippen LogP contribution in [-0.2, 0) is 9.53 Å². The van der Waals surface area contributed by atoms with Crippen LogP contribution in [0.4, 0.5) is 0 Å². The Morgan fingerprint density at radius 2 is 2.25 bits per heavy atom. The molecule has 0 fully saturated rings. The average molecular weight is 175 g/mol. The number of hydrogen-bond donors (Lipinski definition) is 2. The van der Waals surface area contributed by atoms with Gasteiger partial charge in [-0.25, -0.2) is 4.79 Å². The third-order valence-corrected chi connectivity index (χ3v) is 1.49.